The molecule has 1 aromatic carbocycles. The molecular formula is C14H21N3O. The first kappa shape index (κ1) is 12.9. The first-order chi connectivity index (χ1) is 8.43. The van der Waals surface area contributed by atoms with E-state index in [2.05, 4.69) is 33.1 Å². The number of hydrogen-bond acceptors (Lipinski definition) is 3. The third kappa shape index (κ3) is 2.48. The van der Waals surface area contributed by atoms with Crippen molar-refractivity contribution in [3.8, 4) is 0 Å². The summed E-state index contributed by atoms with van der Waals surface area (Å²) in [6, 6.07) is 6.18. The highest BCUT2D eigenvalue weighted by Crippen LogP contribution is 2.21. The Morgan fingerprint density at radius 2 is 2.11 bits per heavy atom. The van der Waals surface area contributed by atoms with Crippen LogP contribution in [0.2, 0.25) is 0 Å². The van der Waals surface area contributed by atoms with Gasteiger partial charge in [-0.25, -0.2) is 4.98 Å². The molecule has 0 saturated carbocycles. The predicted octanol–water partition coefficient (Wildman–Crippen LogP) is 2.31. The van der Waals surface area contributed by atoms with Crippen molar-refractivity contribution in [2.45, 2.75) is 20.8 Å². The van der Waals surface area contributed by atoms with Gasteiger partial charge in [0, 0.05) is 31.3 Å². The molecule has 98 valence electrons. The topological polar surface area (TPSA) is 50.1 Å². The SMILES string of the molecule is Cc1nc2cc(NCC(C)(C)CO)ccc2n1C. The summed E-state index contributed by atoms with van der Waals surface area (Å²) in [5.41, 5.74) is 3.07. The van der Waals surface area contributed by atoms with Crippen LogP contribution in [0.15, 0.2) is 18.2 Å². The molecule has 18 heavy (non-hydrogen) atoms. The van der Waals surface area contributed by atoms with Gasteiger partial charge < -0.3 is 15.0 Å². The molecule has 1 heterocycles. The normalized spacial score (nSPS) is 12.1. The minimum atomic E-state index is -0.116. The second-order valence-corrected chi connectivity index (χ2v) is 5.60. The average Bonchev–Trinajstić information content (AvgIpc) is 2.62. The van der Waals surface area contributed by atoms with E-state index in [4.69, 9.17) is 0 Å². The van der Waals surface area contributed by atoms with Crippen LogP contribution in [0.4, 0.5) is 5.69 Å². The van der Waals surface area contributed by atoms with Crippen LogP contribution in [0.5, 0.6) is 0 Å². The van der Waals surface area contributed by atoms with Gasteiger partial charge in [0.2, 0.25) is 0 Å². The molecule has 4 heteroatoms. The molecule has 0 unspecified atom stereocenters. The van der Waals surface area contributed by atoms with E-state index in [1.165, 1.54) is 0 Å². The number of aromatic nitrogens is 2. The number of aliphatic hydroxyl groups is 1. The lowest BCUT2D eigenvalue weighted by Crippen LogP contribution is -2.26. The molecule has 2 N–H and O–H groups in total. The number of nitrogens with zero attached hydrogens (tertiary/aromatic N) is 2. The van der Waals surface area contributed by atoms with Crippen molar-refractivity contribution in [3.63, 3.8) is 0 Å². The lowest BCUT2D eigenvalue weighted by Gasteiger charge is -2.22. The molecule has 0 saturated heterocycles. The van der Waals surface area contributed by atoms with Gasteiger partial charge in [0.1, 0.15) is 5.82 Å². The van der Waals surface area contributed by atoms with Gasteiger partial charge in [0.25, 0.3) is 0 Å². The Hall–Kier alpha value is -1.55. The molecular weight excluding hydrogens is 226 g/mol. The van der Waals surface area contributed by atoms with Crippen LogP contribution >= 0.6 is 0 Å². The van der Waals surface area contributed by atoms with Gasteiger partial charge in [-0.2, -0.15) is 0 Å². The zero-order chi connectivity index (χ0) is 13.3. The van der Waals surface area contributed by atoms with Crippen LogP contribution in [0.3, 0.4) is 0 Å². The first-order valence-corrected chi connectivity index (χ1v) is 6.21. The summed E-state index contributed by atoms with van der Waals surface area (Å²) in [7, 11) is 2.02. The number of aliphatic hydroxyl groups excluding tert-OH is 1. The van der Waals surface area contributed by atoms with Crippen molar-refractivity contribution in [1.82, 2.24) is 9.55 Å². The summed E-state index contributed by atoms with van der Waals surface area (Å²) in [6.07, 6.45) is 0. The van der Waals surface area contributed by atoms with Crippen molar-refractivity contribution >= 4 is 16.7 Å². The van der Waals surface area contributed by atoms with E-state index in [0.29, 0.717) is 0 Å². The molecule has 0 fully saturated rings. The number of rotatable bonds is 4. The van der Waals surface area contributed by atoms with Crippen LogP contribution in [0.1, 0.15) is 19.7 Å². The zero-order valence-corrected chi connectivity index (χ0v) is 11.5. The molecule has 4 nitrogen and oxygen atoms in total. The molecule has 0 amide bonds. The largest absolute Gasteiger partial charge is 0.396 e. The van der Waals surface area contributed by atoms with Gasteiger partial charge in [0.15, 0.2) is 0 Å². The molecule has 0 spiro atoms. The Morgan fingerprint density at radius 1 is 1.39 bits per heavy atom. The number of imidazole rings is 1. The first-order valence-electron chi connectivity index (χ1n) is 6.21. The van der Waals surface area contributed by atoms with Gasteiger partial charge >= 0.3 is 0 Å². The summed E-state index contributed by atoms with van der Waals surface area (Å²) >= 11 is 0. The maximum Gasteiger partial charge on any atom is 0.106 e. The molecule has 2 rings (SSSR count). The maximum atomic E-state index is 9.23. The van der Waals surface area contributed by atoms with E-state index in [1.807, 2.05) is 27.8 Å². The summed E-state index contributed by atoms with van der Waals surface area (Å²) < 4.78 is 2.08. The lowest BCUT2D eigenvalue weighted by molar-refractivity contribution is 0.171. The quantitative estimate of drug-likeness (QED) is 0.871. The highest BCUT2D eigenvalue weighted by molar-refractivity contribution is 5.80. The van der Waals surface area contributed by atoms with Crippen LogP contribution in [0, 0.1) is 12.3 Å². The summed E-state index contributed by atoms with van der Waals surface area (Å²) in [5.74, 6) is 1.01. The number of aryl methyl sites for hydroxylation is 2. The van der Waals surface area contributed by atoms with E-state index in [-0.39, 0.29) is 12.0 Å². The summed E-state index contributed by atoms with van der Waals surface area (Å²) in [4.78, 5) is 4.51. The number of benzene rings is 1. The molecule has 0 aliphatic rings. The number of nitrogens with one attached hydrogen (secondary N) is 1. The van der Waals surface area contributed by atoms with Gasteiger partial charge in [-0.1, -0.05) is 13.8 Å². The van der Waals surface area contributed by atoms with Crippen molar-refractivity contribution in [1.29, 1.82) is 0 Å². The third-order valence-electron chi connectivity index (χ3n) is 3.30. The van der Waals surface area contributed by atoms with Crippen LogP contribution in [-0.4, -0.2) is 27.8 Å². The minimum Gasteiger partial charge on any atom is -0.396 e. The van der Waals surface area contributed by atoms with E-state index in [1.54, 1.807) is 0 Å². The van der Waals surface area contributed by atoms with Crippen molar-refractivity contribution in [3.05, 3.63) is 24.0 Å². The van der Waals surface area contributed by atoms with Gasteiger partial charge in [-0.15, -0.1) is 0 Å². The lowest BCUT2D eigenvalue weighted by atomic mass is 9.95. The van der Waals surface area contributed by atoms with Crippen molar-refractivity contribution < 1.29 is 5.11 Å². The van der Waals surface area contributed by atoms with E-state index >= 15 is 0 Å². The minimum absolute atomic E-state index is 0.116. The molecule has 0 atom stereocenters. The Balaban J connectivity index is 2.20. The highest BCUT2D eigenvalue weighted by atomic mass is 16.3. The monoisotopic (exact) mass is 247 g/mol. The molecule has 0 aliphatic heterocycles. The Kier molecular flexibility index (Phi) is 3.30. The van der Waals surface area contributed by atoms with Gasteiger partial charge in [-0.3, -0.25) is 0 Å². The fourth-order valence-corrected chi connectivity index (χ4v) is 1.83. The summed E-state index contributed by atoms with van der Waals surface area (Å²) in [5, 5.41) is 12.6. The average molecular weight is 247 g/mol. The number of hydrogen-bond donors (Lipinski definition) is 2. The third-order valence-corrected chi connectivity index (χ3v) is 3.30. The van der Waals surface area contributed by atoms with E-state index < -0.39 is 0 Å². The smallest absolute Gasteiger partial charge is 0.106 e. The number of anilines is 1. The standard InChI is InChI=1S/C14H21N3O/c1-10-16-12-7-11(5-6-13(12)17(10)4)15-8-14(2,3)9-18/h5-7,15,18H,8-9H2,1-4H3. The van der Waals surface area contributed by atoms with Crippen LogP contribution < -0.4 is 5.32 Å². The zero-order valence-electron chi connectivity index (χ0n) is 11.5. The predicted molar refractivity (Wildman–Crippen MR) is 74.8 cm³/mol. The highest BCUT2D eigenvalue weighted by Gasteiger charge is 2.16. The summed E-state index contributed by atoms with van der Waals surface area (Å²) in [6.45, 7) is 6.97. The van der Waals surface area contributed by atoms with Gasteiger partial charge in [0.05, 0.1) is 11.0 Å². The Morgan fingerprint density at radius 3 is 2.78 bits per heavy atom. The van der Waals surface area contributed by atoms with Gasteiger partial charge in [-0.05, 0) is 25.1 Å². The van der Waals surface area contributed by atoms with Crippen LogP contribution in [-0.2, 0) is 7.05 Å². The molecule has 0 radical (unpaired) electrons. The second-order valence-electron chi connectivity index (χ2n) is 5.60. The fourth-order valence-electron chi connectivity index (χ4n) is 1.83. The Bertz CT molecular complexity index is 557. The second kappa shape index (κ2) is 4.61. The molecule has 1 aromatic heterocycles. The van der Waals surface area contributed by atoms with Crippen molar-refractivity contribution in [2.75, 3.05) is 18.5 Å². The van der Waals surface area contributed by atoms with E-state index in [9.17, 15) is 5.11 Å². The van der Waals surface area contributed by atoms with Crippen LogP contribution in [0.25, 0.3) is 11.0 Å². The molecule has 0 bridgehead atoms. The number of fused-ring (bicyclic) bond motifs is 1. The molecule has 0 aliphatic carbocycles. The van der Waals surface area contributed by atoms with Crippen molar-refractivity contribution in [2.24, 2.45) is 12.5 Å². The van der Waals surface area contributed by atoms with E-state index in [0.717, 1.165) is 29.1 Å². The fraction of sp³-hybridized carbons (Fsp3) is 0.500. The Labute approximate surface area is 108 Å². The maximum absolute atomic E-state index is 9.23. The molecule has 2 aromatic rings.